The maximum absolute atomic E-state index is 13.8. The molecule has 0 aliphatic carbocycles. The average molecular weight is 278 g/mol. The van der Waals surface area contributed by atoms with Crippen molar-refractivity contribution in [2.24, 2.45) is 12.8 Å². The molecule has 0 amide bonds. The van der Waals surface area contributed by atoms with Crippen LogP contribution in [0.25, 0.3) is 0 Å². The number of nitrogens with two attached hydrogens (primary N) is 1. The highest BCUT2D eigenvalue weighted by Crippen LogP contribution is 2.26. The predicted molar refractivity (Wildman–Crippen MR) is 76.3 cm³/mol. The van der Waals surface area contributed by atoms with Crippen molar-refractivity contribution in [3.8, 4) is 5.75 Å². The number of nitrogens with zero attached hydrogens (tertiary/aromatic N) is 2. The number of nitrogens with one attached hydrogen (secondary N) is 1. The Morgan fingerprint density at radius 1 is 1.50 bits per heavy atom. The number of benzene rings is 1. The summed E-state index contributed by atoms with van der Waals surface area (Å²) in [6.07, 6.45) is 1.75. The van der Waals surface area contributed by atoms with E-state index in [9.17, 15) is 4.39 Å². The molecule has 0 aliphatic heterocycles. The molecule has 2 aromatic rings. The third-order valence-corrected chi connectivity index (χ3v) is 3.39. The number of aromatic nitrogens is 2. The maximum Gasteiger partial charge on any atom is 0.146 e. The van der Waals surface area contributed by atoms with Crippen molar-refractivity contribution < 1.29 is 9.13 Å². The molecule has 0 fully saturated rings. The van der Waals surface area contributed by atoms with Crippen molar-refractivity contribution >= 4 is 5.69 Å². The topological polar surface area (TPSA) is 65.1 Å². The molecule has 1 heterocycles. The SMILES string of the molecule is COc1ccc(F)c(NC(CN)c2cnn(C)c2C)c1. The predicted octanol–water partition coefficient (Wildman–Crippen LogP) is 1.99. The van der Waals surface area contributed by atoms with E-state index in [0.29, 0.717) is 18.0 Å². The molecule has 1 aromatic heterocycles. The molecule has 0 bridgehead atoms. The summed E-state index contributed by atoms with van der Waals surface area (Å²) in [4.78, 5) is 0. The largest absolute Gasteiger partial charge is 0.497 e. The third kappa shape index (κ3) is 2.75. The second-order valence-corrected chi connectivity index (χ2v) is 4.59. The van der Waals surface area contributed by atoms with Gasteiger partial charge in [0.1, 0.15) is 11.6 Å². The van der Waals surface area contributed by atoms with Crippen LogP contribution in [0.15, 0.2) is 24.4 Å². The number of hydrogen-bond donors (Lipinski definition) is 2. The summed E-state index contributed by atoms with van der Waals surface area (Å²) in [5.41, 5.74) is 8.11. The van der Waals surface area contributed by atoms with Crippen LogP contribution in [0.5, 0.6) is 5.75 Å². The number of aryl methyl sites for hydroxylation is 1. The van der Waals surface area contributed by atoms with Crippen LogP contribution in [0.3, 0.4) is 0 Å². The molecule has 3 N–H and O–H groups in total. The summed E-state index contributed by atoms with van der Waals surface area (Å²) in [6, 6.07) is 4.35. The summed E-state index contributed by atoms with van der Waals surface area (Å²) < 4.78 is 20.7. The minimum absolute atomic E-state index is 0.203. The van der Waals surface area contributed by atoms with Crippen LogP contribution in [-0.4, -0.2) is 23.4 Å². The molecule has 1 aromatic carbocycles. The Morgan fingerprint density at radius 2 is 2.25 bits per heavy atom. The number of hydrogen-bond acceptors (Lipinski definition) is 4. The van der Waals surface area contributed by atoms with Crippen LogP contribution in [0.4, 0.5) is 10.1 Å². The van der Waals surface area contributed by atoms with Gasteiger partial charge in [-0.2, -0.15) is 5.10 Å². The van der Waals surface area contributed by atoms with Crippen LogP contribution in [0.2, 0.25) is 0 Å². The van der Waals surface area contributed by atoms with Crippen LogP contribution >= 0.6 is 0 Å². The molecular weight excluding hydrogens is 259 g/mol. The van der Waals surface area contributed by atoms with Gasteiger partial charge in [-0.25, -0.2) is 4.39 Å². The van der Waals surface area contributed by atoms with Gasteiger partial charge in [-0.3, -0.25) is 4.68 Å². The Balaban J connectivity index is 2.29. The minimum Gasteiger partial charge on any atom is -0.497 e. The summed E-state index contributed by atoms with van der Waals surface area (Å²) >= 11 is 0. The summed E-state index contributed by atoms with van der Waals surface area (Å²) in [5.74, 6) is 0.248. The van der Waals surface area contributed by atoms with Gasteiger partial charge >= 0.3 is 0 Å². The van der Waals surface area contributed by atoms with Gasteiger partial charge in [-0.1, -0.05) is 0 Å². The van der Waals surface area contributed by atoms with E-state index in [0.717, 1.165) is 11.3 Å². The highest BCUT2D eigenvalue weighted by molar-refractivity contribution is 5.51. The zero-order valence-corrected chi connectivity index (χ0v) is 11.9. The lowest BCUT2D eigenvalue weighted by Gasteiger charge is -2.19. The van der Waals surface area contributed by atoms with Gasteiger partial charge in [0.05, 0.1) is 25.0 Å². The first-order chi connectivity index (χ1) is 9.56. The van der Waals surface area contributed by atoms with Crippen molar-refractivity contribution in [3.63, 3.8) is 0 Å². The van der Waals surface area contributed by atoms with Crippen molar-refractivity contribution in [3.05, 3.63) is 41.5 Å². The normalized spacial score (nSPS) is 12.2. The highest BCUT2D eigenvalue weighted by atomic mass is 19.1. The van der Waals surface area contributed by atoms with Crippen molar-refractivity contribution in [2.75, 3.05) is 19.0 Å². The quantitative estimate of drug-likeness (QED) is 0.878. The lowest BCUT2D eigenvalue weighted by atomic mass is 10.1. The molecular formula is C14H19FN4O. The molecule has 0 radical (unpaired) electrons. The lowest BCUT2D eigenvalue weighted by molar-refractivity contribution is 0.414. The highest BCUT2D eigenvalue weighted by Gasteiger charge is 2.17. The van der Waals surface area contributed by atoms with Crippen LogP contribution < -0.4 is 15.8 Å². The number of ether oxygens (including phenoxy) is 1. The van der Waals surface area contributed by atoms with Gasteiger partial charge in [-0.05, 0) is 19.1 Å². The fraction of sp³-hybridized carbons (Fsp3) is 0.357. The number of rotatable bonds is 5. The van der Waals surface area contributed by atoms with E-state index >= 15 is 0 Å². The van der Waals surface area contributed by atoms with E-state index in [2.05, 4.69) is 10.4 Å². The number of halogens is 1. The first kappa shape index (κ1) is 14.3. The van der Waals surface area contributed by atoms with Gasteiger partial charge < -0.3 is 15.8 Å². The molecule has 1 atom stereocenters. The van der Waals surface area contributed by atoms with Gasteiger partial charge in [0.2, 0.25) is 0 Å². The summed E-state index contributed by atoms with van der Waals surface area (Å²) in [5, 5.41) is 7.29. The van der Waals surface area contributed by atoms with Crippen LogP contribution in [0.1, 0.15) is 17.3 Å². The molecule has 0 saturated heterocycles. The summed E-state index contributed by atoms with van der Waals surface area (Å²) in [6.45, 7) is 2.29. The van der Waals surface area contributed by atoms with E-state index in [1.807, 2.05) is 14.0 Å². The zero-order valence-electron chi connectivity index (χ0n) is 11.9. The van der Waals surface area contributed by atoms with Crippen molar-refractivity contribution in [1.29, 1.82) is 0 Å². The molecule has 5 nitrogen and oxygen atoms in total. The van der Waals surface area contributed by atoms with Gasteiger partial charge in [0.25, 0.3) is 0 Å². The molecule has 108 valence electrons. The fourth-order valence-electron chi connectivity index (χ4n) is 2.05. The van der Waals surface area contributed by atoms with Gasteiger partial charge in [0.15, 0.2) is 0 Å². The number of anilines is 1. The Bertz CT molecular complexity index is 597. The van der Waals surface area contributed by atoms with E-state index in [-0.39, 0.29) is 11.9 Å². The molecule has 6 heteroatoms. The lowest BCUT2D eigenvalue weighted by Crippen LogP contribution is -2.21. The second kappa shape index (κ2) is 5.92. The van der Waals surface area contributed by atoms with Gasteiger partial charge in [-0.15, -0.1) is 0 Å². The minimum atomic E-state index is -0.342. The monoisotopic (exact) mass is 278 g/mol. The van der Waals surface area contributed by atoms with E-state index < -0.39 is 0 Å². The van der Waals surface area contributed by atoms with Crippen molar-refractivity contribution in [1.82, 2.24) is 9.78 Å². The van der Waals surface area contributed by atoms with E-state index in [1.165, 1.54) is 6.07 Å². The molecule has 2 rings (SSSR count). The fourth-order valence-corrected chi connectivity index (χ4v) is 2.05. The standard InChI is InChI=1S/C14H19FN4O/c1-9-11(8-17-19(9)2)14(7-16)18-13-6-10(20-3)4-5-12(13)15/h4-6,8,14,18H,7,16H2,1-3H3. The Labute approximate surface area is 117 Å². The van der Waals surface area contributed by atoms with Crippen LogP contribution in [0, 0.1) is 12.7 Å². The molecule has 0 aliphatic rings. The smallest absolute Gasteiger partial charge is 0.146 e. The molecule has 20 heavy (non-hydrogen) atoms. The third-order valence-electron chi connectivity index (χ3n) is 3.39. The average Bonchev–Trinajstić information content (AvgIpc) is 2.78. The Kier molecular flexibility index (Phi) is 4.24. The first-order valence-electron chi connectivity index (χ1n) is 6.35. The molecule has 0 saturated carbocycles. The number of methoxy groups -OCH3 is 1. The maximum atomic E-state index is 13.8. The Morgan fingerprint density at radius 3 is 2.80 bits per heavy atom. The van der Waals surface area contributed by atoms with Gasteiger partial charge in [0, 0.05) is 30.9 Å². The molecule has 1 unspecified atom stereocenters. The van der Waals surface area contributed by atoms with E-state index in [1.54, 1.807) is 30.1 Å². The van der Waals surface area contributed by atoms with E-state index in [4.69, 9.17) is 10.5 Å². The molecule has 0 spiro atoms. The Hall–Kier alpha value is -2.08. The zero-order chi connectivity index (χ0) is 14.7. The summed E-state index contributed by atoms with van der Waals surface area (Å²) in [7, 11) is 3.40. The first-order valence-corrected chi connectivity index (χ1v) is 6.35. The second-order valence-electron chi connectivity index (χ2n) is 4.59. The van der Waals surface area contributed by atoms with Crippen molar-refractivity contribution in [2.45, 2.75) is 13.0 Å². The van der Waals surface area contributed by atoms with Crippen LogP contribution in [-0.2, 0) is 7.05 Å².